The molecule has 4 rings (SSSR count). The minimum atomic E-state index is -0.181. The van der Waals surface area contributed by atoms with E-state index in [4.69, 9.17) is 4.74 Å². The van der Waals surface area contributed by atoms with E-state index in [1.54, 1.807) is 6.20 Å². The van der Waals surface area contributed by atoms with Gasteiger partial charge in [-0.2, -0.15) is 0 Å². The van der Waals surface area contributed by atoms with Crippen molar-refractivity contribution in [3.63, 3.8) is 0 Å². The van der Waals surface area contributed by atoms with E-state index >= 15 is 0 Å². The lowest BCUT2D eigenvalue weighted by molar-refractivity contribution is -0.118. The van der Waals surface area contributed by atoms with Gasteiger partial charge in [-0.25, -0.2) is 4.98 Å². The molecule has 7 heteroatoms. The molecule has 0 bridgehead atoms. The maximum absolute atomic E-state index is 12.2. The van der Waals surface area contributed by atoms with E-state index in [2.05, 4.69) is 27.3 Å². The van der Waals surface area contributed by atoms with Crippen LogP contribution in [-0.4, -0.2) is 42.1 Å². The summed E-state index contributed by atoms with van der Waals surface area (Å²) in [5, 5.41) is 2.85. The highest BCUT2D eigenvalue weighted by atomic mass is 32.2. The molecule has 154 valence electrons. The Morgan fingerprint density at radius 2 is 1.79 bits per heavy atom. The molecule has 1 N–H and O–H groups in total. The summed E-state index contributed by atoms with van der Waals surface area (Å²) in [7, 11) is 0. The molecule has 3 heterocycles. The van der Waals surface area contributed by atoms with Gasteiger partial charge in [0, 0.05) is 13.1 Å². The smallest absolute Gasteiger partial charge is 0.262 e. The number of piperidine rings is 1. The summed E-state index contributed by atoms with van der Waals surface area (Å²) < 4.78 is 6.16. The molecule has 0 spiro atoms. The Balaban J connectivity index is 1.24. The zero-order valence-corrected chi connectivity index (χ0v) is 18.1. The number of carbonyl (C=O) groups is 1. The first-order valence-electron chi connectivity index (χ1n) is 10.2. The van der Waals surface area contributed by atoms with Crippen LogP contribution in [0.4, 0.5) is 11.5 Å². The third-order valence-electron chi connectivity index (χ3n) is 5.06. The van der Waals surface area contributed by atoms with Gasteiger partial charge >= 0.3 is 0 Å². The summed E-state index contributed by atoms with van der Waals surface area (Å²) in [6, 6.07) is 12.0. The fourth-order valence-electron chi connectivity index (χ4n) is 3.52. The molecule has 1 aromatic heterocycles. The lowest BCUT2D eigenvalue weighted by Crippen LogP contribution is -2.30. The number of benzene rings is 1. The molecule has 29 heavy (non-hydrogen) atoms. The Morgan fingerprint density at radius 1 is 1.03 bits per heavy atom. The first-order valence-corrected chi connectivity index (χ1v) is 12.3. The Kier molecular flexibility index (Phi) is 7.22. The molecular formula is C22H27N3O2S2. The molecule has 0 unspecified atom stereocenters. The zero-order valence-electron chi connectivity index (χ0n) is 16.5. The van der Waals surface area contributed by atoms with Crippen molar-refractivity contribution in [2.24, 2.45) is 0 Å². The molecule has 2 saturated heterocycles. The number of carbonyl (C=O) groups excluding carboxylic acids is 1. The number of nitrogens with one attached hydrogen (secondary N) is 1. The van der Waals surface area contributed by atoms with Crippen molar-refractivity contribution in [2.75, 3.05) is 41.4 Å². The van der Waals surface area contributed by atoms with Crippen LogP contribution in [-0.2, 0) is 4.79 Å². The average molecular weight is 430 g/mol. The van der Waals surface area contributed by atoms with E-state index in [9.17, 15) is 4.79 Å². The van der Waals surface area contributed by atoms with Crippen molar-refractivity contribution in [1.29, 1.82) is 0 Å². The van der Waals surface area contributed by atoms with Gasteiger partial charge in [-0.3, -0.25) is 4.79 Å². The summed E-state index contributed by atoms with van der Waals surface area (Å²) in [4.78, 5) is 19.0. The first-order chi connectivity index (χ1) is 14.3. The second kappa shape index (κ2) is 10.3. The molecule has 1 aromatic carbocycles. The number of pyridine rings is 1. The Labute approximate surface area is 181 Å². The van der Waals surface area contributed by atoms with Gasteiger partial charge in [0.05, 0.1) is 16.5 Å². The van der Waals surface area contributed by atoms with E-state index in [-0.39, 0.29) is 12.5 Å². The largest absolute Gasteiger partial charge is 0.484 e. The number of rotatable bonds is 6. The highest BCUT2D eigenvalue weighted by Crippen LogP contribution is 2.43. The first kappa shape index (κ1) is 20.4. The van der Waals surface area contributed by atoms with Crippen molar-refractivity contribution in [2.45, 2.75) is 30.3 Å². The molecule has 5 nitrogen and oxygen atoms in total. The van der Waals surface area contributed by atoms with Crippen LogP contribution in [0.1, 0.15) is 35.8 Å². The minimum Gasteiger partial charge on any atom is -0.484 e. The summed E-state index contributed by atoms with van der Waals surface area (Å²) in [6.07, 6.45) is 6.74. The second-order valence-corrected chi connectivity index (χ2v) is 10.0. The highest BCUT2D eigenvalue weighted by molar-refractivity contribution is 8.16. The van der Waals surface area contributed by atoms with Crippen molar-refractivity contribution < 1.29 is 9.53 Å². The summed E-state index contributed by atoms with van der Waals surface area (Å²) >= 11 is 4.00. The maximum atomic E-state index is 12.2. The second-order valence-electron chi connectivity index (χ2n) is 7.29. The monoisotopic (exact) mass is 429 g/mol. The standard InChI is InChI=1S/C22H27N3O2S2/c26-21(24-18-7-10-20(23-15-18)25-11-2-1-3-12-25)16-27-19-8-5-17(6-9-19)22-28-13-4-14-29-22/h5-10,15,22H,1-4,11-14,16H2,(H,24,26). The van der Waals surface area contributed by atoms with Crippen LogP contribution in [0.3, 0.4) is 0 Å². The van der Waals surface area contributed by atoms with Crippen LogP contribution >= 0.6 is 23.5 Å². The van der Waals surface area contributed by atoms with Crippen LogP contribution in [0.5, 0.6) is 5.75 Å². The molecule has 2 fully saturated rings. The maximum Gasteiger partial charge on any atom is 0.262 e. The predicted molar refractivity (Wildman–Crippen MR) is 123 cm³/mol. The number of amides is 1. The third kappa shape index (κ3) is 5.82. The average Bonchev–Trinajstić information content (AvgIpc) is 2.80. The molecule has 1 amide bonds. The molecular weight excluding hydrogens is 402 g/mol. The van der Waals surface area contributed by atoms with Gasteiger partial charge in [-0.05, 0) is 67.0 Å². The van der Waals surface area contributed by atoms with Crippen molar-refractivity contribution >= 4 is 40.9 Å². The summed E-state index contributed by atoms with van der Waals surface area (Å²) in [5.74, 6) is 3.97. The van der Waals surface area contributed by atoms with Gasteiger partial charge in [0.15, 0.2) is 6.61 Å². The number of nitrogens with zero attached hydrogens (tertiary/aromatic N) is 2. The number of hydrogen-bond donors (Lipinski definition) is 1. The van der Waals surface area contributed by atoms with Crippen molar-refractivity contribution in [3.05, 3.63) is 48.2 Å². The van der Waals surface area contributed by atoms with Crippen molar-refractivity contribution in [1.82, 2.24) is 4.98 Å². The van der Waals surface area contributed by atoms with E-state index in [0.717, 1.165) is 18.9 Å². The highest BCUT2D eigenvalue weighted by Gasteiger charge is 2.16. The number of hydrogen-bond acceptors (Lipinski definition) is 6. The Hall–Kier alpha value is -1.86. The molecule has 2 aliphatic heterocycles. The van der Waals surface area contributed by atoms with Gasteiger partial charge < -0.3 is 15.0 Å². The topological polar surface area (TPSA) is 54.5 Å². The molecule has 0 atom stereocenters. The quantitative estimate of drug-likeness (QED) is 0.701. The zero-order chi connectivity index (χ0) is 19.9. The van der Waals surface area contributed by atoms with Gasteiger partial charge in [-0.15, -0.1) is 23.5 Å². The normalized spacial score (nSPS) is 17.7. The number of aromatic nitrogens is 1. The minimum absolute atomic E-state index is 0.0137. The van der Waals surface area contributed by atoms with Gasteiger partial charge in [0.1, 0.15) is 11.6 Å². The lowest BCUT2D eigenvalue weighted by atomic mass is 10.1. The fourth-order valence-corrected chi connectivity index (χ4v) is 6.41. The van der Waals surface area contributed by atoms with E-state index in [0.29, 0.717) is 16.0 Å². The molecule has 2 aliphatic rings. The summed E-state index contributed by atoms with van der Waals surface area (Å²) in [5.41, 5.74) is 2.01. The van der Waals surface area contributed by atoms with E-state index in [1.165, 1.54) is 42.8 Å². The third-order valence-corrected chi connectivity index (χ3v) is 8.08. The number of ether oxygens (including phenoxy) is 1. The summed E-state index contributed by atoms with van der Waals surface area (Å²) in [6.45, 7) is 2.10. The van der Waals surface area contributed by atoms with Crippen LogP contribution in [0.15, 0.2) is 42.6 Å². The number of anilines is 2. The predicted octanol–water partition coefficient (Wildman–Crippen LogP) is 4.96. The molecule has 2 aromatic rings. The van der Waals surface area contributed by atoms with Gasteiger partial charge in [0.2, 0.25) is 0 Å². The van der Waals surface area contributed by atoms with Crippen LogP contribution in [0.2, 0.25) is 0 Å². The van der Waals surface area contributed by atoms with E-state index < -0.39 is 0 Å². The lowest BCUT2D eigenvalue weighted by Gasteiger charge is -2.27. The fraction of sp³-hybridized carbons (Fsp3) is 0.455. The Morgan fingerprint density at radius 3 is 2.48 bits per heavy atom. The van der Waals surface area contributed by atoms with Crippen molar-refractivity contribution in [3.8, 4) is 5.75 Å². The number of thioether (sulfide) groups is 2. The molecule has 0 aliphatic carbocycles. The molecule has 0 radical (unpaired) electrons. The Bertz CT molecular complexity index is 787. The SMILES string of the molecule is O=C(COc1ccc(C2SCCCS2)cc1)Nc1ccc(N2CCCCC2)nc1. The van der Waals surface area contributed by atoms with Gasteiger partial charge in [0.25, 0.3) is 5.91 Å². The van der Waals surface area contributed by atoms with Crippen LogP contribution < -0.4 is 15.0 Å². The van der Waals surface area contributed by atoms with Crippen LogP contribution in [0, 0.1) is 0 Å². The van der Waals surface area contributed by atoms with E-state index in [1.807, 2.05) is 47.8 Å². The van der Waals surface area contributed by atoms with Gasteiger partial charge in [-0.1, -0.05) is 12.1 Å². The van der Waals surface area contributed by atoms with Crippen LogP contribution in [0.25, 0.3) is 0 Å². The molecule has 0 saturated carbocycles.